The standard InChI is InChI=1S/3C12H17O2.Li.Sn/c3*1-9(2)13-11-6-5-7-12(8-11)14-10(3)4;;/h3*5-7,9-10H,1-4H3;;. The average molecular weight is 705 g/mol. The third-order valence-electron chi connectivity index (χ3n) is 5.89. The van der Waals surface area contributed by atoms with Crippen molar-refractivity contribution in [3.8, 4) is 34.5 Å². The van der Waals surface area contributed by atoms with Crippen LogP contribution in [0.3, 0.4) is 0 Å². The number of ether oxygens (including phenoxy) is 6. The van der Waals surface area contributed by atoms with Crippen molar-refractivity contribution < 1.29 is 28.4 Å². The second kappa shape index (κ2) is 17.5. The first-order valence-corrected chi connectivity index (χ1v) is 19.8. The molecule has 44 heavy (non-hydrogen) atoms. The van der Waals surface area contributed by atoms with Gasteiger partial charge < -0.3 is 0 Å². The Morgan fingerprint density at radius 1 is 0.341 bits per heavy atom. The SMILES string of the molecule is CC(C)Oc1cccc(OC(C)C)[c]1[Sn]([c]1c(OC(C)C)cccc1OC(C)C)[c]1c(OC(C)C)cccc1OC(C)C.[Li]. The molecule has 3 rings (SSSR count). The minimum absolute atomic E-state index is 0. The van der Waals surface area contributed by atoms with Crippen LogP contribution in [0.15, 0.2) is 54.6 Å². The molecule has 0 aromatic heterocycles. The summed E-state index contributed by atoms with van der Waals surface area (Å²) in [7, 11) is 0. The Hall–Kier alpha value is -2.14. The minimum atomic E-state index is -3.54. The van der Waals surface area contributed by atoms with Crippen molar-refractivity contribution in [2.45, 2.75) is 120 Å². The third-order valence-corrected chi connectivity index (χ3v) is 14.4. The van der Waals surface area contributed by atoms with E-state index in [1.54, 1.807) is 0 Å². The van der Waals surface area contributed by atoms with E-state index in [9.17, 15) is 0 Å². The first-order valence-electron chi connectivity index (χ1n) is 15.5. The zero-order valence-electron chi connectivity index (χ0n) is 29.1. The Kier molecular flexibility index (Phi) is 15.2. The summed E-state index contributed by atoms with van der Waals surface area (Å²) in [5.74, 6) is 4.79. The van der Waals surface area contributed by atoms with E-state index in [4.69, 9.17) is 28.4 Å². The molecule has 3 aromatic carbocycles. The summed E-state index contributed by atoms with van der Waals surface area (Å²) in [5.41, 5.74) is 0. The Morgan fingerprint density at radius 3 is 0.636 bits per heavy atom. The molecule has 0 fully saturated rings. The Bertz CT molecular complexity index is 1080. The van der Waals surface area contributed by atoms with Crippen molar-refractivity contribution in [1.29, 1.82) is 0 Å². The number of rotatable bonds is 15. The summed E-state index contributed by atoms with van der Waals surface area (Å²) in [6.45, 7) is 24.6. The van der Waals surface area contributed by atoms with E-state index < -0.39 is 19.8 Å². The summed E-state index contributed by atoms with van der Waals surface area (Å²) in [4.78, 5) is 0. The van der Waals surface area contributed by atoms with Crippen LogP contribution >= 0.6 is 0 Å². The van der Waals surface area contributed by atoms with Crippen LogP contribution in [0, 0.1) is 0 Å². The molecule has 0 atom stereocenters. The average Bonchev–Trinajstić information content (AvgIpc) is 2.86. The van der Waals surface area contributed by atoms with Gasteiger partial charge in [0.2, 0.25) is 0 Å². The molecule has 8 heteroatoms. The van der Waals surface area contributed by atoms with Crippen LogP contribution in [0.1, 0.15) is 83.1 Å². The summed E-state index contributed by atoms with van der Waals surface area (Å²) >= 11 is -3.54. The van der Waals surface area contributed by atoms with E-state index in [1.807, 2.05) is 54.6 Å². The zero-order valence-corrected chi connectivity index (χ0v) is 32.0. The van der Waals surface area contributed by atoms with Gasteiger partial charge in [0, 0.05) is 18.9 Å². The smallest absolute Gasteiger partial charge is 0 e. The molecular weight excluding hydrogens is 654 g/mol. The fraction of sp³-hybridized carbons (Fsp3) is 0.500. The number of hydrogen-bond acceptors (Lipinski definition) is 6. The fourth-order valence-corrected chi connectivity index (χ4v) is 13.6. The van der Waals surface area contributed by atoms with Crippen molar-refractivity contribution >= 4 is 49.4 Å². The molecule has 0 N–H and O–H groups in total. The molecule has 0 saturated heterocycles. The molecule has 6 nitrogen and oxygen atoms in total. The molecule has 0 spiro atoms. The summed E-state index contributed by atoms with van der Waals surface area (Å²) in [5, 5.41) is 0. The van der Waals surface area contributed by atoms with Gasteiger partial charge in [-0.05, 0) is 0 Å². The second-order valence-corrected chi connectivity index (χ2v) is 18.7. The van der Waals surface area contributed by atoms with Gasteiger partial charge in [0.15, 0.2) is 0 Å². The maximum atomic E-state index is 6.58. The van der Waals surface area contributed by atoms with Crippen molar-refractivity contribution in [2.24, 2.45) is 0 Å². The van der Waals surface area contributed by atoms with Crippen molar-refractivity contribution in [3.05, 3.63) is 54.6 Å². The van der Waals surface area contributed by atoms with Crippen LogP contribution in [0.25, 0.3) is 0 Å². The monoisotopic (exact) mass is 706 g/mol. The summed E-state index contributed by atoms with van der Waals surface area (Å²) in [6.07, 6.45) is -0.251. The van der Waals surface area contributed by atoms with Crippen molar-refractivity contribution in [1.82, 2.24) is 0 Å². The normalized spacial score (nSPS) is 11.5. The van der Waals surface area contributed by atoms with Crippen molar-refractivity contribution in [3.63, 3.8) is 0 Å². The van der Waals surface area contributed by atoms with E-state index in [2.05, 4.69) is 83.1 Å². The Morgan fingerprint density at radius 2 is 0.500 bits per heavy atom. The Labute approximate surface area is 285 Å². The van der Waals surface area contributed by atoms with Gasteiger partial charge in [-0.2, -0.15) is 0 Å². The largest absolute Gasteiger partial charge is 0 e. The van der Waals surface area contributed by atoms with Crippen molar-refractivity contribution in [2.75, 3.05) is 0 Å². The number of benzene rings is 3. The van der Waals surface area contributed by atoms with Gasteiger partial charge in [0.05, 0.1) is 0 Å². The maximum absolute atomic E-state index is 6.58. The van der Waals surface area contributed by atoms with Gasteiger partial charge in [-0.1, -0.05) is 0 Å². The fourth-order valence-electron chi connectivity index (χ4n) is 4.76. The molecule has 0 aliphatic carbocycles. The molecule has 3 aromatic rings. The molecule has 2 radical (unpaired) electrons. The molecular formula is C36H51LiO6Sn. The van der Waals surface area contributed by atoms with E-state index in [0.717, 1.165) is 45.2 Å². The van der Waals surface area contributed by atoms with Crippen LogP contribution in [0.4, 0.5) is 0 Å². The molecule has 0 unspecified atom stereocenters. The van der Waals surface area contributed by atoms with Gasteiger partial charge in [0.25, 0.3) is 0 Å². The first-order chi connectivity index (χ1) is 20.3. The quantitative estimate of drug-likeness (QED) is 0.168. The van der Waals surface area contributed by atoms with E-state index >= 15 is 0 Å². The predicted octanol–water partition coefficient (Wildman–Crippen LogP) is 6.55. The van der Waals surface area contributed by atoms with Crippen LogP contribution in [0.5, 0.6) is 34.5 Å². The van der Waals surface area contributed by atoms with Crippen LogP contribution in [-0.4, -0.2) is 75.2 Å². The molecule has 0 aliphatic heterocycles. The molecule has 0 heterocycles. The van der Waals surface area contributed by atoms with E-state index in [1.165, 1.54) is 0 Å². The van der Waals surface area contributed by atoms with Crippen LogP contribution in [0.2, 0.25) is 0 Å². The van der Waals surface area contributed by atoms with Crippen LogP contribution in [-0.2, 0) is 0 Å². The van der Waals surface area contributed by atoms with E-state index in [-0.39, 0.29) is 55.5 Å². The van der Waals surface area contributed by atoms with Gasteiger partial charge in [0.1, 0.15) is 0 Å². The van der Waals surface area contributed by atoms with Gasteiger partial charge in [-0.15, -0.1) is 0 Å². The molecule has 0 aliphatic rings. The summed E-state index contributed by atoms with van der Waals surface area (Å²) < 4.78 is 42.6. The Balaban J connectivity index is 0.00000675. The number of hydrogen-bond donors (Lipinski definition) is 0. The van der Waals surface area contributed by atoms with Crippen LogP contribution < -0.4 is 39.2 Å². The molecule has 236 valence electrons. The predicted molar refractivity (Wildman–Crippen MR) is 184 cm³/mol. The van der Waals surface area contributed by atoms with Gasteiger partial charge in [-0.3, -0.25) is 0 Å². The van der Waals surface area contributed by atoms with Gasteiger partial charge in [-0.25, -0.2) is 0 Å². The zero-order chi connectivity index (χ0) is 31.8. The molecule has 0 saturated carbocycles. The maximum Gasteiger partial charge on any atom is 0 e. The molecule has 0 bridgehead atoms. The third kappa shape index (κ3) is 10.5. The first kappa shape index (κ1) is 38.0. The summed E-state index contributed by atoms with van der Waals surface area (Å²) in [6, 6.07) is 18.3. The molecule has 0 amide bonds. The minimum Gasteiger partial charge on any atom is 0 e. The topological polar surface area (TPSA) is 55.4 Å². The second-order valence-electron chi connectivity index (χ2n) is 12.3. The van der Waals surface area contributed by atoms with E-state index in [0.29, 0.717) is 0 Å². The van der Waals surface area contributed by atoms with Gasteiger partial charge >= 0.3 is 268 Å².